The molecule has 7 heteroatoms. The Kier molecular flexibility index (Phi) is 5.52. The number of thiazole rings is 1. The number of carbonyl (C=O) groups is 2. The molecule has 0 radical (unpaired) electrons. The summed E-state index contributed by atoms with van der Waals surface area (Å²) in [6.45, 7) is 4.12. The molecule has 0 bridgehead atoms. The molecule has 1 aromatic heterocycles. The average Bonchev–Trinajstić information content (AvgIpc) is 3.07. The Morgan fingerprint density at radius 2 is 1.85 bits per heavy atom. The first kappa shape index (κ1) is 18.6. The minimum atomic E-state index is -0.228. The lowest BCUT2D eigenvalue weighted by Gasteiger charge is -2.12. The van der Waals surface area contributed by atoms with Gasteiger partial charge in [0.2, 0.25) is 0 Å². The molecule has 0 aliphatic rings. The summed E-state index contributed by atoms with van der Waals surface area (Å²) in [5.74, 6) is -0.428. The quantitative estimate of drug-likeness (QED) is 0.631. The van der Waals surface area contributed by atoms with E-state index in [2.05, 4.69) is 15.6 Å². The molecule has 6 nitrogen and oxygen atoms in total. The fourth-order valence-electron chi connectivity index (χ4n) is 2.59. The van der Waals surface area contributed by atoms with Crippen LogP contribution in [0.5, 0.6) is 0 Å². The van der Waals surface area contributed by atoms with Gasteiger partial charge < -0.3 is 16.4 Å². The van der Waals surface area contributed by atoms with Crippen LogP contribution in [-0.2, 0) is 6.54 Å². The Morgan fingerprint density at radius 1 is 1.07 bits per heavy atom. The summed E-state index contributed by atoms with van der Waals surface area (Å²) < 4.78 is 0. The number of hydrogen-bond donors (Lipinski definition) is 3. The van der Waals surface area contributed by atoms with E-state index >= 15 is 0 Å². The second kappa shape index (κ2) is 8.01. The van der Waals surface area contributed by atoms with E-state index in [0.717, 1.165) is 16.0 Å². The van der Waals surface area contributed by atoms with Crippen LogP contribution in [0.1, 0.15) is 36.7 Å². The van der Waals surface area contributed by atoms with E-state index in [1.807, 2.05) is 38.1 Å². The highest BCUT2D eigenvalue weighted by Gasteiger charge is 2.13. The molecule has 3 rings (SSSR count). The number of nitrogens with zero attached hydrogens (tertiary/aromatic N) is 1. The topological polar surface area (TPSA) is 97.1 Å². The van der Waals surface area contributed by atoms with E-state index in [-0.39, 0.29) is 11.8 Å². The Labute approximate surface area is 161 Å². The second-order valence-corrected chi connectivity index (χ2v) is 7.29. The van der Waals surface area contributed by atoms with E-state index < -0.39 is 0 Å². The highest BCUT2D eigenvalue weighted by Crippen LogP contribution is 2.19. The number of aromatic nitrogens is 1. The van der Waals surface area contributed by atoms with Gasteiger partial charge in [0.15, 0.2) is 5.13 Å². The average molecular weight is 380 g/mol. The van der Waals surface area contributed by atoms with Gasteiger partial charge in [-0.15, -0.1) is 11.3 Å². The standard InChI is InChI=1S/C20H20N4O2S/c1-12-5-3-4-6-16(12)19(26)24-17-9-14(8-7-13(17)2)18(25)22-10-15-11-23-20(21)27-15/h3-9,11H,10H2,1-2H3,(H2,21,23)(H,22,25)(H,24,26). The number of aryl methyl sites for hydroxylation is 2. The largest absolute Gasteiger partial charge is 0.375 e. The highest BCUT2D eigenvalue weighted by molar-refractivity contribution is 7.15. The summed E-state index contributed by atoms with van der Waals surface area (Å²) >= 11 is 1.33. The minimum absolute atomic E-state index is 0.200. The van der Waals surface area contributed by atoms with Crippen LogP contribution < -0.4 is 16.4 Å². The van der Waals surface area contributed by atoms with Crippen molar-refractivity contribution < 1.29 is 9.59 Å². The second-order valence-electron chi connectivity index (χ2n) is 6.15. The Balaban J connectivity index is 1.72. The number of amides is 2. The van der Waals surface area contributed by atoms with Gasteiger partial charge >= 0.3 is 0 Å². The van der Waals surface area contributed by atoms with Crippen molar-refractivity contribution in [2.24, 2.45) is 0 Å². The zero-order valence-electron chi connectivity index (χ0n) is 15.1. The van der Waals surface area contributed by atoms with Crippen molar-refractivity contribution in [1.29, 1.82) is 0 Å². The number of nitrogens with one attached hydrogen (secondary N) is 2. The first-order chi connectivity index (χ1) is 12.9. The van der Waals surface area contributed by atoms with Crippen LogP contribution in [0.4, 0.5) is 10.8 Å². The number of hydrogen-bond acceptors (Lipinski definition) is 5. The molecule has 0 aliphatic carbocycles. The van der Waals surface area contributed by atoms with Crippen LogP contribution in [0, 0.1) is 13.8 Å². The predicted octanol–water partition coefficient (Wildman–Crippen LogP) is 3.52. The van der Waals surface area contributed by atoms with Crippen LogP contribution in [0.2, 0.25) is 0 Å². The summed E-state index contributed by atoms with van der Waals surface area (Å²) in [6, 6.07) is 12.6. The van der Waals surface area contributed by atoms with Crippen LogP contribution in [-0.4, -0.2) is 16.8 Å². The molecule has 1 heterocycles. The number of carbonyl (C=O) groups excluding carboxylic acids is 2. The van der Waals surface area contributed by atoms with E-state index in [4.69, 9.17) is 5.73 Å². The van der Waals surface area contributed by atoms with E-state index in [1.165, 1.54) is 11.3 Å². The molecule has 138 valence electrons. The van der Waals surface area contributed by atoms with Gasteiger partial charge in [-0.2, -0.15) is 0 Å². The molecule has 2 aromatic carbocycles. The van der Waals surface area contributed by atoms with Crippen molar-refractivity contribution >= 4 is 34.0 Å². The molecule has 0 fully saturated rings. The Hall–Kier alpha value is -3.19. The predicted molar refractivity (Wildman–Crippen MR) is 108 cm³/mol. The van der Waals surface area contributed by atoms with Crippen molar-refractivity contribution in [2.45, 2.75) is 20.4 Å². The number of rotatable bonds is 5. The molecule has 2 amide bonds. The molecular weight excluding hydrogens is 360 g/mol. The molecule has 4 N–H and O–H groups in total. The molecular formula is C20H20N4O2S. The SMILES string of the molecule is Cc1ccc(C(=O)NCc2cnc(N)s2)cc1NC(=O)c1ccccc1C. The molecule has 0 aliphatic heterocycles. The van der Waals surface area contributed by atoms with Crippen molar-refractivity contribution in [2.75, 3.05) is 11.1 Å². The van der Waals surface area contributed by atoms with E-state index in [9.17, 15) is 9.59 Å². The van der Waals surface area contributed by atoms with Crippen molar-refractivity contribution in [3.8, 4) is 0 Å². The third kappa shape index (κ3) is 4.51. The minimum Gasteiger partial charge on any atom is -0.375 e. The van der Waals surface area contributed by atoms with Gasteiger partial charge in [0, 0.05) is 27.9 Å². The van der Waals surface area contributed by atoms with Crippen molar-refractivity contribution in [1.82, 2.24) is 10.3 Å². The fourth-order valence-corrected chi connectivity index (χ4v) is 3.21. The van der Waals surface area contributed by atoms with Gasteiger partial charge in [-0.05, 0) is 43.2 Å². The lowest BCUT2D eigenvalue weighted by Crippen LogP contribution is -2.23. The van der Waals surface area contributed by atoms with Crippen molar-refractivity contribution in [3.05, 3.63) is 75.8 Å². The van der Waals surface area contributed by atoms with E-state index in [1.54, 1.807) is 24.4 Å². The van der Waals surface area contributed by atoms with Crippen molar-refractivity contribution in [3.63, 3.8) is 0 Å². The summed E-state index contributed by atoms with van der Waals surface area (Å²) in [4.78, 5) is 29.8. The van der Waals surface area contributed by atoms with Crippen LogP contribution in [0.3, 0.4) is 0 Å². The zero-order chi connectivity index (χ0) is 19.4. The van der Waals surface area contributed by atoms with E-state index in [0.29, 0.717) is 28.5 Å². The maximum absolute atomic E-state index is 12.6. The highest BCUT2D eigenvalue weighted by atomic mass is 32.1. The lowest BCUT2D eigenvalue weighted by atomic mass is 10.1. The van der Waals surface area contributed by atoms with Gasteiger partial charge in [-0.3, -0.25) is 9.59 Å². The summed E-state index contributed by atoms with van der Waals surface area (Å²) in [5.41, 5.74) is 9.05. The molecule has 0 spiro atoms. The fraction of sp³-hybridized carbons (Fsp3) is 0.150. The molecule has 3 aromatic rings. The number of anilines is 2. The first-order valence-electron chi connectivity index (χ1n) is 8.40. The number of nitrogens with two attached hydrogens (primary N) is 1. The summed E-state index contributed by atoms with van der Waals surface area (Å²) in [5, 5.41) is 6.20. The third-order valence-electron chi connectivity index (χ3n) is 4.13. The smallest absolute Gasteiger partial charge is 0.255 e. The first-order valence-corrected chi connectivity index (χ1v) is 9.21. The maximum atomic E-state index is 12.6. The Bertz CT molecular complexity index is 997. The van der Waals surface area contributed by atoms with Gasteiger partial charge in [0.05, 0.1) is 6.54 Å². The summed E-state index contributed by atoms with van der Waals surface area (Å²) in [6.07, 6.45) is 1.64. The van der Waals surface area contributed by atoms with Crippen LogP contribution >= 0.6 is 11.3 Å². The van der Waals surface area contributed by atoms with Gasteiger partial charge in [-0.25, -0.2) is 4.98 Å². The van der Waals surface area contributed by atoms with Crippen LogP contribution in [0.25, 0.3) is 0 Å². The normalized spacial score (nSPS) is 10.4. The molecule has 0 saturated carbocycles. The van der Waals surface area contributed by atoms with Gasteiger partial charge in [0.25, 0.3) is 11.8 Å². The molecule has 0 atom stereocenters. The molecule has 0 saturated heterocycles. The monoisotopic (exact) mass is 380 g/mol. The third-order valence-corrected chi connectivity index (χ3v) is 4.96. The Morgan fingerprint density at radius 3 is 2.56 bits per heavy atom. The van der Waals surface area contributed by atoms with Gasteiger partial charge in [0.1, 0.15) is 0 Å². The van der Waals surface area contributed by atoms with Crippen LogP contribution in [0.15, 0.2) is 48.7 Å². The molecule has 27 heavy (non-hydrogen) atoms. The van der Waals surface area contributed by atoms with Gasteiger partial charge in [-0.1, -0.05) is 24.3 Å². The number of benzene rings is 2. The maximum Gasteiger partial charge on any atom is 0.255 e. The number of nitrogen functional groups attached to an aromatic ring is 1. The summed E-state index contributed by atoms with van der Waals surface area (Å²) in [7, 11) is 0. The zero-order valence-corrected chi connectivity index (χ0v) is 15.9. The lowest BCUT2D eigenvalue weighted by molar-refractivity contribution is 0.0950. The molecule has 0 unspecified atom stereocenters.